The van der Waals surface area contributed by atoms with Crippen molar-refractivity contribution in [1.29, 1.82) is 0 Å². The molecule has 0 unspecified atom stereocenters. The van der Waals surface area contributed by atoms with Gasteiger partial charge in [-0.2, -0.15) is 0 Å². The van der Waals surface area contributed by atoms with Gasteiger partial charge in [-0.3, -0.25) is 9.36 Å². The topological polar surface area (TPSA) is 106 Å². The quantitative estimate of drug-likeness (QED) is 0.361. The smallest absolute Gasteiger partial charge is 0.227 e. The summed E-state index contributed by atoms with van der Waals surface area (Å²) in [7, 11) is 1.59. The Bertz CT molecular complexity index is 1530. The third-order valence-electron chi connectivity index (χ3n) is 5.29. The van der Waals surface area contributed by atoms with Crippen molar-refractivity contribution in [2.24, 2.45) is 0 Å². The lowest BCUT2D eigenvalue weighted by atomic mass is 10.1. The van der Waals surface area contributed by atoms with Crippen molar-refractivity contribution in [2.75, 3.05) is 7.11 Å². The maximum atomic E-state index is 12.3. The molecule has 9 heteroatoms. The number of ether oxygens (including phenoxy) is 1. The predicted octanol–water partition coefficient (Wildman–Crippen LogP) is 5.23. The average molecular weight is 475 g/mol. The number of hydrogen-bond donors (Lipinski definition) is 2. The van der Waals surface area contributed by atoms with Crippen LogP contribution in [0, 0.1) is 6.92 Å². The minimum absolute atomic E-state index is 0.0114. The number of H-pyrrole nitrogens is 1. The van der Waals surface area contributed by atoms with Crippen molar-refractivity contribution in [3.63, 3.8) is 0 Å². The average Bonchev–Trinajstić information content (AvgIpc) is 3.49. The second kappa shape index (κ2) is 8.57. The molecule has 0 amide bonds. The summed E-state index contributed by atoms with van der Waals surface area (Å²) < 4.78 is 12.9. The van der Waals surface area contributed by atoms with E-state index in [1.165, 1.54) is 6.07 Å². The van der Waals surface area contributed by atoms with E-state index < -0.39 is 11.2 Å². The van der Waals surface area contributed by atoms with Gasteiger partial charge in [0.15, 0.2) is 11.6 Å². The van der Waals surface area contributed by atoms with Crippen molar-refractivity contribution in [3.05, 3.63) is 88.0 Å². The molecule has 4 aromatic heterocycles. The molecule has 2 N–H and O–H groups in total. The maximum Gasteiger partial charge on any atom is 0.227 e. The molecular formula is C25H19ClN4O4. The van der Waals surface area contributed by atoms with Crippen molar-refractivity contribution >= 4 is 11.6 Å². The monoisotopic (exact) mass is 474 g/mol. The fraction of sp³-hybridized carbons (Fsp3) is 0.0800. The van der Waals surface area contributed by atoms with Crippen molar-refractivity contribution in [2.45, 2.75) is 6.92 Å². The first-order valence-electron chi connectivity index (χ1n) is 10.3. The van der Waals surface area contributed by atoms with Crippen molar-refractivity contribution in [1.82, 2.24) is 19.5 Å². The molecular weight excluding hydrogens is 456 g/mol. The lowest BCUT2D eigenvalue weighted by Crippen LogP contribution is -2.01. The van der Waals surface area contributed by atoms with E-state index in [1.807, 2.05) is 35.0 Å². The first-order chi connectivity index (χ1) is 16.4. The number of pyridine rings is 1. The summed E-state index contributed by atoms with van der Waals surface area (Å²) in [6.45, 7) is 1.64. The molecule has 8 nitrogen and oxygen atoms in total. The second-order valence-electron chi connectivity index (χ2n) is 7.53. The fourth-order valence-corrected chi connectivity index (χ4v) is 3.79. The van der Waals surface area contributed by atoms with Crippen LogP contribution in [0.1, 0.15) is 5.76 Å². The van der Waals surface area contributed by atoms with Crippen LogP contribution in [0.4, 0.5) is 0 Å². The van der Waals surface area contributed by atoms with E-state index in [-0.39, 0.29) is 5.76 Å². The normalized spacial score (nSPS) is 11.0. The molecule has 0 bridgehead atoms. The van der Waals surface area contributed by atoms with E-state index in [4.69, 9.17) is 25.7 Å². The van der Waals surface area contributed by atoms with E-state index in [2.05, 4.69) is 9.97 Å². The summed E-state index contributed by atoms with van der Waals surface area (Å²) >= 11 is 5.99. The number of methoxy groups -OCH3 is 1. The number of aromatic amines is 1. The molecule has 5 rings (SSSR count). The van der Waals surface area contributed by atoms with Crippen LogP contribution in [-0.2, 0) is 0 Å². The standard InChI is InChI=1S/C25H19ClN4O4/c1-14-12-19(31)23(32)24(34-14)22-21(15-5-8-17(33-2)9-6-15)28-25(29-22)18-4-3-11-30(18)20-10-7-16(26)13-27-20/h3-13,32H,1-2H3,(H,28,29). The molecule has 0 aliphatic rings. The molecule has 0 atom stereocenters. The number of aromatic hydroxyl groups is 1. The number of aryl methyl sites for hydroxylation is 1. The summed E-state index contributed by atoms with van der Waals surface area (Å²) in [5.41, 5.74) is 1.79. The van der Waals surface area contributed by atoms with Crippen LogP contribution in [0.25, 0.3) is 40.0 Å². The summed E-state index contributed by atoms with van der Waals surface area (Å²) in [4.78, 5) is 24.7. The Labute approximate surface area is 199 Å². The number of nitrogens with one attached hydrogen (secondary N) is 1. The molecule has 0 radical (unpaired) electrons. The highest BCUT2D eigenvalue weighted by Crippen LogP contribution is 2.37. The first kappa shape index (κ1) is 21.5. The van der Waals surface area contributed by atoms with Crippen LogP contribution in [0.5, 0.6) is 11.5 Å². The summed E-state index contributed by atoms with van der Waals surface area (Å²) in [6.07, 6.45) is 3.42. The zero-order valence-corrected chi connectivity index (χ0v) is 19.0. The molecule has 34 heavy (non-hydrogen) atoms. The van der Waals surface area contributed by atoms with Gasteiger partial charge < -0.3 is 19.2 Å². The number of benzene rings is 1. The van der Waals surface area contributed by atoms with Gasteiger partial charge in [0.25, 0.3) is 0 Å². The number of imidazole rings is 1. The van der Waals surface area contributed by atoms with E-state index in [1.54, 1.807) is 44.5 Å². The third kappa shape index (κ3) is 3.84. The zero-order valence-electron chi connectivity index (χ0n) is 18.2. The van der Waals surface area contributed by atoms with Crippen LogP contribution in [0.15, 0.2) is 76.2 Å². The minimum atomic E-state index is -0.538. The van der Waals surface area contributed by atoms with Gasteiger partial charge in [0.1, 0.15) is 28.7 Å². The Kier molecular flexibility index (Phi) is 5.43. The molecule has 4 heterocycles. The van der Waals surface area contributed by atoms with E-state index in [0.717, 1.165) is 5.56 Å². The number of nitrogens with zero attached hydrogens (tertiary/aromatic N) is 3. The zero-order chi connectivity index (χ0) is 23.8. The molecule has 1 aromatic carbocycles. The Hall–Kier alpha value is -4.30. The van der Waals surface area contributed by atoms with Crippen LogP contribution in [0.2, 0.25) is 5.02 Å². The minimum Gasteiger partial charge on any atom is -0.501 e. The lowest BCUT2D eigenvalue weighted by molar-refractivity contribution is 0.415. The van der Waals surface area contributed by atoms with Gasteiger partial charge in [-0.15, -0.1) is 0 Å². The largest absolute Gasteiger partial charge is 0.501 e. The van der Waals surface area contributed by atoms with Gasteiger partial charge in [-0.25, -0.2) is 9.97 Å². The van der Waals surface area contributed by atoms with Gasteiger partial charge >= 0.3 is 0 Å². The predicted molar refractivity (Wildman–Crippen MR) is 129 cm³/mol. The summed E-state index contributed by atoms with van der Waals surface area (Å²) in [5.74, 6) is 1.71. The summed E-state index contributed by atoms with van der Waals surface area (Å²) in [5, 5.41) is 11.1. The Morgan fingerprint density at radius 3 is 2.65 bits per heavy atom. The lowest BCUT2D eigenvalue weighted by Gasteiger charge is -2.06. The summed E-state index contributed by atoms with van der Waals surface area (Å²) in [6, 6.07) is 15.8. The Balaban J connectivity index is 1.72. The van der Waals surface area contributed by atoms with Crippen LogP contribution >= 0.6 is 11.6 Å². The van der Waals surface area contributed by atoms with Crippen molar-refractivity contribution in [3.8, 4) is 51.5 Å². The second-order valence-corrected chi connectivity index (χ2v) is 7.97. The van der Waals surface area contributed by atoms with E-state index in [0.29, 0.717) is 45.3 Å². The van der Waals surface area contributed by atoms with Gasteiger partial charge in [-0.05, 0) is 55.5 Å². The van der Waals surface area contributed by atoms with Crippen LogP contribution in [0.3, 0.4) is 0 Å². The molecule has 170 valence electrons. The number of rotatable bonds is 5. The van der Waals surface area contributed by atoms with E-state index >= 15 is 0 Å². The highest BCUT2D eigenvalue weighted by molar-refractivity contribution is 6.30. The highest BCUT2D eigenvalue weighted by Gasteiger charge is 2.23. The number of halogens is 1. The number of aromatic nitrogens is 4. The van der Waals surface area contributed by atoms with Crippen LogP contribution in [-0.4, -0.2) is 31.7 Å². The Morgan fingerprint density at radius 1 is 1.15 bits per heavy atom. The fourth-order valence-electron chi connectivity index (χ4n) is 3.67. The molecule has 0 spiro atoms. The molecule has 0 aliphatic carbocycles. The van der Waals surface area contributed by atoms with Gasteiger partial charge in [-0.1, -0.05) is 11.6 Å². The highest BCUT2D eigenvalue weighted by atomic mass is 35.5. The molecule has 0 saturated carbocycles. The molecule has 0 saturated heterocycles. The molecule has 0 aliphatic heterocycles. The van der Waals surface area contributed by atoms with Gasteiger partial charge in [0.2, 0.25) is 11.2 Å². The van der Waals surface area contributed by atoms with Gasteiger partial charge in [0, 0.05) is 24.0 Å². The molecule has 5 aromatic rings. The molecule has 0 fully saturated rings. The first-order valence-corrected chi connectivity index (χ1v) is 10.7. The SMILES string of the molecule is COc1ccc(-c2nc(-c3cccn3-c3ccc(Cl)cn3)[nH]c2-c2oc(C)cc(=O)c2O)cc1. The number of hydrogen-bond acceptors (Lipinski definition) is 6. The van der Waals surface area contributed by atoms with Crippen molar-refractivity contribution < 1.29 is 14.3 Å². The Morgan fingerprint density at radius 2 is 1.94 bits per heavy atom. The third-order valence-corrected chi connectivity index (χ3v) is 5.51. The van der Waals surface area contributed by atoms with Crippen LogP contribution < -0.4 is 10.2 Å². The van der Waals surface area contributed by atoms with Gasteiger partial charge in [0.05, 0.1) is 17.8 Å². The maximum absolute atomic E-state index is 12.3. The van der Waals surface area contributed by atoms with E-state index in [9.17, 15) is 9.90 Å².